The van der Waals surface area contributed by atoms with Gasteiger partial charge < -0.3 is 4.57 Å². The highest BCUT2D eigenvalue weighted by molar-refractivity contribution is 9.10. The number of hydrogen-bond acceptors (Lipinski definition) is 2. The molecule has 1 aromatic heterocycles. The normalized spacial score (nSPS) is 11.2. The molecule has 3 nitrogen and oxygen atoms in total. The maximum absolute atomic E-state index is 13.6. The van der Waals surface area contributed by atoms with Gasteiger partial charge in [0, 0.05) is 22.4 Å². The van der Waals surface area contributed by atoms with E-state index in [-0.39, 0.29) is 11.1 Å². The van der Waals surface area contributed by atoms with Crippen molar-refractivity contribution >= 4 is 56.3 Å². The second kappa shape index (κ2) is 7.36. The molecule has 0 aliphatic heterocycles. The highest BCUT2D eigenvalue weighted by atomic mass is 79.9. The summed E-state index contributed by atoms with van der Waals surface area (Å²) >= 11 is 15.5. The van der Waals surface area contributed by atoms with E-state index in [0.717, 1.165) is 17.2 Å². The molecule has 7 heteroatoms. The Morgan fingerprint density at radius 3 is 2.32 bits per heavy atom. The molecule has 0 saturated carbocycles. The van der Waals surface area contributed by atoms with Crippen molar-refractivity contribution in [3.63, 3.8) is 0 Å². The van der Waals surface area contributed by atoms with Gasteiger partial charge in [0.25, 0.3) is 0 Å². The Bertz CT molecular complexity index is 894. The molecule has 0 aliphatic rings. The molecule has 0 amide bonds. The Morgan fingerprint density at radius 2 is 1.72 bits per heavy atom. The Kier molecular flexibility index (Phi) is 5.37. The average Bonchev–Trinajstić information content (AvgIpc) is 2.94. The fourth-order valence-electron chi connectivity index (χ4n) is 2.60. The largest absolute Gasteiger partial charge is 0.302 e. The molecule has 3 aromatic rings. The lowest BCUT2D eigenvalue weighted by Crippen LogP contribution is -2.16. The molecule has 3 rings (SSSR count). The lowest BCUT2D eigenvalue weighted by atomic mass is 10.2. The molecule has 0 spiro atoms. The zero-order valence-corrected chi connectivity index (χ0v) is 16.6. The Hall–Kier alpha value is -1.56. The van der Waals surface area contributed by atoms with E-state index in [0.29, 0.717) is 9.76 Å². The predicted molar refractivity (Wildman–Crippen MR) is 105 cm³/mol. The van der Waals surface area contributed by atoms with E-state index in [1.54, 1.807) is 30.5 Å². The van der Waals surface area contributed by atoms with E-state index in [9.17, 15) is 4.39 Å². The monoisotopic (exact) mass is 441 g/mol. The number of rotatable bonds is 4. The van der Waals surface area contributed by atoms with Crippen LogP contribution in [-0.4, -0.2) is 9.55 Å². The first-order chi connectivity index (χ1) is 11.9. The van der Waals surface area contributed by atoms with E-state index in [1.165, 1.54) is 6.07 Å². The van der Waals surface area contributed by atoms with E-state index in [1.807, 2.05) is 21.6 Å². The highest BCUT2D eigenvalue weighted by Crippen LogP contribution is 2.38. The average molecular weight is 443 g/mol. The number of aromatic nitrogens is 2. The van der Waals surface area contributed by atoms with Crippen LogP contribution in [0.1, 0.15) is 19.9 Å². The van der Waals surface area contributed by atoms with E-state index < -0.39 is 5.82 Å². The Balaban J connectivity index is 2.22. The summed E-state index contributed by atoms with van der Waals surface area (Å²) in [5, 5.41) is 0.700. The molecule has 0 N–H and O–H groups in total. The second-order valence-corrected chi connectivity index (χ2v) is 7.31. The van der Waals surface area contributed by atoms with E-state index >= 15 is 0 Å². The van der Waals surface area contributed by atoms with Crippen molar-refractivity contribution < 1.29 is 4.39 Å². The summed E-state index contributed by atoms with van der Waals surface area (Å²) in [6.07, 6.45) is 1.76. The van der Waals surface area contributed by atoms with Crippen LogP contribution in [-0.2, 0) is 0 Å². The number of hydrogen-bond donors (Lipinski definition) is 0. The quantitative estimate of drug-likeness (QED) is 0.428. The molecular weight excluding hydrogens is 428 g/mol. The van der Waals surface area contributed by atoms with Crippen LogP contribution in [0, 0.1) is 5.82 Å². The van der Waals surface area contributed by atoms with Gasteiger partial charge in [-0.05, 0) is 72.2 Å². The molecule has 130 valence electrons. The molecule has 0 fully saturated rings. The molecule has 1 heterocycles. The summed E-state index contributed by atoms with van der Waals surface area (Å²) in [6, 6.07) is 12.2. The van der Waals surface area contributed by atoms with Gasteiger partial charge in [0.1, 0.15) is 11.6 Å². The summed E-state index contributed by atoms with van der Waals surface area (Å²) in [6.45, 7) is 4.13. The Morgan fingerprint density at radius 1 is 1.08 bits per heavy atom. The number of anilines is 3. The van der Waals surface area contributed by atoms with Gasteiger partial charge in [-0.15, -0.1) is 0 Å². The standard InChI is InChI=1S/C18H15BrCl2FN3/c1-11(2)24-17(10-23-18(24)19)25(13-5-3-12(20)4-6-13)14-7-8-16(22)15(21)9-14/h3-11H,1-2H3. The zero-order valence-electron chi connectivity index (χ0n) is 13.5. The van der Waals surface area contributed by atoms with E-state index in [4.69, 9.17) is 23.2 Å². The molecule has 0 radical (unpaired) electrons. The maximum atomic E-state index is 13.6. The molecule has 0 aliphatic carbocycles. The third-order valence-electron chi connectivity index (χ3n) is 3.72. The predicted octanol–water partition coefficient (Wildman–Crippen LogP) is 7.14. The van der Waals surface area contributed by atoms with Gasteiger partial charge in [0.05, 0.1) is 11.2 Å². The molecule has 0 bridgehead atoms. The lowest BCUT2D eigenvalue weighted by Gasteiger charge is -2.27. The van der Waals surface area contributed by atoms with Gasteiger partial charge in [0.2, 0.25) is 0 Å². The number of nitrogens with zero attached hydrogens (tertiary/aromatic N) is 3. The third-order valence-corrected chi connectivity index (χ3v) is 4.85. The number of halogens is 4. The summed E-state index contributed by atoms with van der Waals surface area (Å²) in [4.78, 5) is 6.33. The first-order valence-electron chi connectivity index (χ1n) is 7.62. The second-order valence-electron chi connectivity index (χ2n) is 5.76. The molecular formula is C18H15BrCl2FN3. The summed E-state index contributed by atoms with van der Waals surface area (Å²) in [5.41, 5.74) is 1.59. The van der Waals surface area contributed by atoms with Gasteiger partial charge in [-0.3, -0.25) is 4.90 Å². The van der Waals surface area contributed by atoms with Gasteiger partial charge in [-0.25, -0.2) is 9.37 Å². The van der Waals surface area contributed by atoms with Crippen molar-refractivity contribution in [1.29, 1.82) is 0 Å². The minimum Gasteiger partial charge on any atom is -0.302 e. The van der Waals surface area contributed by atoms with Crippen LogP contribution in [0.4, 0.5) is 21.6 Å². The number of benzene rings is 2. The summed E-state index contributed by atoms with van der Waals surface area (Å²) in [5.74, 6) is 0.367. The van der Waals surface area contributed by atoms with Crippen LogP contribution in [0.25, 0.3) is 0 Å². The first kappa shape index (κ1) is 18.2. The van der Waals surface area contributed by atoms with Gasteiger partial charge in [-0.1, -0.05) is 23.2 Å². The van der Waals surface area contributed by atoms with Crippen LogP contribution < -0.4 is 4.90 Å². The van der Waals surface area contributed by atoms with Crippen molar-refractivity contribution in [3.05, 3.63) is 69.3 Å². The highest BCUT2D eigenvalue weighted by Gasteiger charge is 2.21. The van der Waals surface area contributed by atoms with Gasteiger partial charge in [-0.2, -0.15) is 0 Å². The zero-order chi connectivity index (χ0) is 18.1. The summed E-state index contributed by atoms with van der Waals surface area (Å²) in [7, 11) is 0. The lowest BCUT2D eigenvalue weighted by molar-refractivity contribution is 0.589. The smallest absolute Gasteiger partial charge is 0.178 e. The van der Waals surface area contributed by atoms with Gasteiger partial charge in [0.15, 0.2) is 4.73 Å². The summed E-state index contributed by atoms with van der Waals surface area (Å²) < 4.78 is 16.4. The van der Waals surface area contributed by atoms with E-state index in [2.05, 4.69) is 34.8 Å². The third kappa shape index (κ3) is 3.68. The van der Waals surface area contributed by atoms with Crippen LogP contribution in [0.15, 0.2) is 53.4 Å². The van der Waals surface area contributed by atoms with Crippen LogP contribution in [0.5, 0.6) is 0 Å². The van der Waals surface area contributed by atoms with Crippen molar-refractivity contribution in [2.24, 2.45) is 0 Å². The fourth-order valence-corrected chi connectivity index (χ4v) is 3.60. The molecule has 2 aromatic carbocycles. The fraction of sp³-hybridized carbons (Fsp3) is 0.167. The van der Waals surface area contributed by atoms with Crippen molar-refractivity contribution in [2.75, 3.05) is 4.90 Å². The molecule has 0 atom stereocenters. The minimum atomic E-state index is -0.458. The van der Waals surface area contributed by atoms with Crippen molar-refractivity contribution in [1.82, 2.24) is 9.55 Å². The number of imidazole rings is 1. The van der Waals surface area contributed by atoms with Crippen LogP contribution in [0.3, 0.4) is 0 Å². The Labute approximate surface area is 164 Å². The molecule has 0 saturated heterocycles. The minimum absolute atomic E-state index is 0.0612. The first-order valence-corrected chi connectivity index (χ1v) is 9.17. The molecule has 25 heavy (non-hydrogen) atoms. The maximum Gasteiger partial charge on any atom is 0.178 e. The van der Waals surface area contributed by atoms with Crippen LogP contribution in [0.2, 0.25) is 10.0 Å². The van der Waals surface area contributed by atoms with Crippen molar-refractivity contribution in [2.45, 2.75) is 19.9 Å². The topological polar surface area (TPSA) is 21.1 Å². The SMILES string of the molecule is CC(C)n1c(N(c2ccc(Cl)cc2)c2ccc(F)c(Cl)c2)cnc1Br. The van der Waals surface area contributed by atoms with Gasteiger partial charge >= 0.3 is 0 Å². The van der Waals surface area contributed by atoms with Crippen LogP contribution >= 0.6 is 39.1 Å². The van der Waals surface area contributed by atoms with Crippen molar-refractivity contribution in [3.8, 4) is 0 Å². The molecule has 0 unspecified atom stereocenters.